The molecule has 3 rings (SSSR count). The Morgan fingerprint density at radius 3 is 2.43 bits per heavy atom. The number of ether oxygens (including phenoxy) is 1. The fraction of sp³-hybridized carbons (Fsp3) is 0.0526. The fourth-order valence-corrected chi connectivity index (χ4v) is 4.73. The Morgan fingerprint density at radius 2 is 1.77 bits per heavy atom. The van der Waals surface area contributed by atoms with E-state index in [1.54, 1.807) is 23.6 Å². The number of halogens is 1. The van der Waals surface area contributed by atoms with Gasteiger partial charge in [0.05, 0.1) is 0 Å². The second-order valence-corrected chi connectivity index (χ2v) is 10.0. The van der Waals surface area contributed by atoms with E-state index in [0.29, 0.717) is 5.69 Å². The summed E-state index contributed by atoms with van der Waals surface area (Å²) >= 11 is 3.17. The fourth-order valence-electron chi connectivity index (χ4n) is 2.32. The molecule has 0 saturated heterocycles. The van der Waals surface area contributed by atoms with E-state index in [4.69, 9.17) is 4.74 Å². The maximum atomic E-state index is 12.3. The van der Waals surface area contributed by atoms with Crippen LogP contribution >= 0.6 is 33.9 Å². The highest BCUT2D eigenvalue weighted by atomic mass is 127. The summed E-state index contributed by atoms with van der Waals surface area (Å²) in [5.74, 6) is -1.93. The molecule has 0 saturated carbocycles. The Hall–Kier alpha value is -2.64. The average Bonchev–Trinajstić information content (AvgIpc) is 3.25. The summed E-state index contributed by atoms with van der Waals surface area (Å²) in [6.45, 7) is -0.574. The van der Waals surface area contributed by atoms with Gasteiger partial charge in [0.2, 0.25) is 0 Å². The molecule has 156 valence electrons. The Labute approximate surface area is 190 Å². The highest BCUT2D eigenvalue weighted by Crippen LogP contribution is 2.25. The molecule has 0 spiro atoms. The number of hydrogen-bond acceptors (Lipinski definition) is 7. The average molecular weight is 558 g/mol. The standard InChI is InChI=1S/C19H15IN2O6S2/c20-12-3-5-13(6-4-12)21-17(24)11-28-19(25)15-10-14(7-8-16(15)23)22-30(26,27)18-2-1-9-29-18/h1-10,22-23H,11H2,(H,21,24). The third kappa shape index (κ3) is 5.70. The maximum absolute atomic E-state index is 12.3. The number of phenols is 1. The number of carbonyl (C=O) groups excluding carboxylic acids is 2. The van der Waals surface area contributed by atoms with Gasteiger partial charge in [0, 0.05) is 14.9 Å². The summed E-state index contributed by atoms with van der Waals surface area (Å²) in [6.07, 6.45) is 0. The number of nitrogens with one attached hydrogen (secondary N) is 2. The van der Waals surface area contributed by atoms with Crippen LogP contribution in [0.2, 0.25) is 0 Å². The van der Waals surface area contributed by atoms with Crippen LogP contribution < -0.4 is 10.0 Å². The largest absolute Gasteiger partial charge is 0.507 e. The molecule has 1 amide bonds. The lowest BCUT2D eigenvalue weighted by molar-refractivity contribution is -0.119. The van der Waals surface area contributed by atoms with E-state index in [-0.39, 0.29) is 15.5 Å². The van der Waals surface area contributed by atoms with E-state index < -0.39 is 34.3 Å². The van der Waals surface area contributed by atoms with Gasteiger partial charge in [-0.25, -0.2) is 13.2 Å². The van der Waals surface area contributed by atoms with Crippen molar-refractivity contribution in [2.45, 2.75) is 4.21 Å². The van der Waals surface area contributed by atoms with Gasteiger partial charge in [0.1, 0.15) is 15.5 Å². The second kappa shape index (κ2) is 9.45. The highest BCUT2D eigenvalue weighted by Gasteiger charge is 2.19. The Kier molecular flexibility index (Phi) is 6.95. The van der Waals surface area contributed by atoms with Crippen LogP contribution in [0.25, 0.3) is 0 Å². The van der Waals surface area contributed by atoms with E-state index in [0.717, 1.165) is 27.0 Å². The first-order valence-electron chi connectivity index (χ1n) is 8.36. The van der Waals surface area contributed by atoms with Gasteiger partial charge in [-0.05, 0) is 76.5 Å². The summed E-state index contributed by atoms with van der Waals surface area (Å²) in [5, 5.41) is 14.1. The van der Waals surface area contributed by atoms with Crippen LogP contribution in [0.1, 0.15) is 10.4 Å². The number of thiophene rings is 1. The zero-order valence-electron chi connectivity index (χ0n) is 15.2. The van der Waals surface area contributed by atoms with Crippen LogP contribution in [-0.2, 0) is 19.6 Å². The van der Waals surface area contributed by atoms with Crippen molar-refractivity contribution in [3.8, 4) is 5.75 Å². The number of rotatable bonds is 7. The Morgan fingerprint density at radius 1 is 1.07 bits per heavy atom. The van der Waals surface area contributed by atoms with Crippen molar-refractivity contribution in [3.63, 3.8) is 0 Å². The minimum absolute atomic E-state index is 0.0662. The zero-order chi connectivity index (χ0) is 21.7. The summed E-state index contributed by atoms with van der Waals surface area (Å²) in [4.78, 5) is 24.2. The molecule has 0 radical (unpaired) electrons. The van der Waals surface area contributed by atoms with Crippen molar-refractivity contribution in [1.29, 1.82) is 0 Å². The Bertz CT molecular complexity index is 1160. The van der Waals surface area contributed by atoms with E-state index >= 15 is 0 Å². The maximum Gasteiger partial charge on any atom is 0.342 e. The molecule has 3 aromatic rings. The summed E-state index contributed by atoms with van der Waals surface area (Å²) < 4.78 is 33.0. The number of sulfonamides is 1. The predicted molar refractivity (Wildman–Crippen MR) is 121 cm³/mol. The van der Waals surface area contributed by atoms with E-state index in [1.165, 1.54) is 12.1 Å². The number of benzene rings is 2. The van der Waals surface area contributed by atoms with Gasteiger partial charge in [-0.3, -0.25) is 9.52 Å². The molecule has 0 bridgehead atoms. The van der Waals surface area contributed by atoms with Crippen LogP contribution in [0.3, 0.4) is 0 Å². The number of anilines is 2. The minimum atomic E-state index is -3.82. The SMILES string of the molecule is O=C(COC(=O)c1cc(NS(=O)(=O)c2cccs2)ccc1O)Nc1ccc(I)cc1. The highest BCUT2D eigenvalue weighted by molar-refractivity contribution is 14.1. The molecule has 0 aliphatic rings. The first kappa shape index (κ1) is 22.1. The number of hydrogen-bond donors (Lipinski definition) is 3. The number of amides is 1. The van der Waals surface area contributed by atoms with Crippen LogP contribution in [0, 0.1) is 3.57 Å². The van der Waals surface area contributed by atoms with Crippen molar-refractivity contribution in [3.05, 3.63) is 69.1 Å². The number of phenolic OH excluding ortho intramolecular Hbond substituents is 1. The number of esters is 1. The molecule has 1 aromatic heterocycles. The van der Waals surface area contributed by atoms with Crippen LogP contribution in [-0.4, -0.2) is 32.0 Å². The van der Waals surface area contributed by atoms with Crippen molar-refractivity contribution in [2.75, 3.05) is 16.6 Å². The minimum Gasteiger partial charge on any atom is -0.507 e. The molecular formula is C19H15IN2O6S2. The Balaban J connectivity index is 1.64. The quantitative estimate of drug-likeness (QED) is 0.231. The summed E-state index contributed by atoms with van der Waals surface area (Å²) in [6, 6.07) is 13.7. The molecule has 30 heavy (non-hydrogen) atoms. The zero-order valence-corrected chi connectivity index (χ0v) is 19.0. The van der Waals surface area contributed by atoms with Gasteiger partial charge >= 0.3 is 5.97 Å². The lowest BCUT2D eigenvalue weighted by atomic mass is 10.2. The lowest BCUT2D eigenvalue weighted by Gasteiger charge is -2.10. The van der Waals surface area contributed by atoms with Gasteiger partial charge < -0.3 is 15.2 Å². The molecule has 3 N–H and O–H groups in total. The molecular weight excluding hydrogens is 543 g/mol. The predicted octanol–water partition coefficient (Wildman–Crippen LogP) is 3.65. The van der Waals surface area contributed by atoms with Crippen LogP contribution in [0.5, 0.6) is 5.75 Å². The molecule has 0 aliphatic carbocycles. The van der Waals surface area contributed by atoms with E-state index in [1.807, 2.05) is 12.1 Å². The normalized spacial score (nSPS) is 11.0. The number of carbonyl (C=O) groups is 2. The summed E-state index contributed by atoms with van der Waals surface area (Å²) in [7, 11) is -3.82. The first-order valence-corrected chi connectivity index (χ1v) is 11.8. The van der Waals surface area contributed by atoms with Crippen molar-refractivity contribution in [1.82, 2.24) is 0 Å². The smallest absolute Gasteiger partial charge is 0.342 e. The molecule has 0 atom stereocenters. The van der Waals surface area contributed by atoms with E-state index in [2.05, 4.69) is 32.6 Å². The van der Waals surface area contributed by atoms with E-state index in [9.17, 15) is 23.1 Å². The molecule has 2 aromatic carbocycles. The second-order valence-electron chi connectivity index (χ2n) is 5.90. The van der Waals surface area contributed by atoms with Crippen LogP contribution in [0.15, 0.2) is 64.2 Å². The molecule has 1 heterocycles. The van der Waals surface area contributed by atoms with Gasteiger partial charge in [-0.2, -0.15) is 0 Å². The molecule has 8 nitrogen and oxygen atoms in total. The number of aromatic hydroxyl groups is 1. The van der Waals surface area contributed by atoms with Crippen LogP contribution in [0.4, 0.5) is 11.4 Å². The molecule has 0 unspecified atom stereocenters. The first-order chi connectivity index (χ1) is 14.2. The van der Waals surface area contributed by atoms with Crippen molar-refractivity contribution >= 4 is 67.2 Å². The summed E-state index contributed by atoms with van der Waals surface area (Å²) in [5.41, 5.74) is 0.337. The molecule has 0 aliphatic heterocycles. The third-order valence-electron chi connectivity index (χ3n) is 3.69. The third-order valence-corrected chi connectivity index (χ3v) is 7.19. The van der Waals surface area contributed by atoms with Crippen molar-refractivity contribution in [2.24, 2.45) is 0 Å². The van der Waals surface area contributed by atoms with Crippen molar-refractivity contribution < 1.29 is 27.9 Å². The monoisotopic (exact) mass is 558 g/mol. The topological polar surface area (TPSA) is 122 Å². The molecule has 0 fully saturated rings. The van der Waals surface area contributed by atoms with Gasteiger partial charge in [-0.15, -0.1) is 11.3 Å². The van der Waals surface area contributed by atoms with Gasteiger partial charge in [-0.1, -0.05) is 6.07 Å². The molecule has 11 heteroatoms. The lowest BCUT2D eigenvalue weighted by Crippen LogP contribution is -2.21. The van der Waals surface area contributed by atoms with Gasteiger partial charge in [0.15, 0.2) is 6.61 Å². The van der Waals surface area contributed by atoms with Gasteiger partial charge in [0.25, 0.3) is 15.9 Å².